The van der Waals surface area contributed by atoms with Gasteiger partial charge in [-0.1, -0.05) is 53.5 Å². The first-order chi connectivity index (χ1) is 12.0. The van der Waals surface area contributed by atoms with Crippen LogP contribution in [-0.2, 0) is 0 Å². The van der Waals surface area contributed by atoms with Gasteiger partial charge in [-0.25, -0.2) is 4.98 Å². The zero-order valence-electron chi connectivity index (χ0n) is 14.3. The first kappa shape index (κ1) is 20.3. The molecular formula is C19H19Cl3N4. The van der Waals surface area contributed by atoms with E-state index < -0.39 is 0 Å². The van der Waals surface area contributed by atoms with Gasteiger partial charge in [-0.2, -0.15) is 4.98 Å². The molecule has 136 valence electrons. The molecule has 0 aliphatic carbocycles. The predicted octanol–water partition coefficient (Wildman–Crippen LogP) is 6.44. The van der Waals surface area contributed by atoms with E-state index in [1.807, 2.05) is 42.5 Å². The molecule has 26 heavy (non-hydrogen) atoms. The van der Waals surface area contributed by atoms with Gasteiger partial charge in [0.2, 0.25) is 5.95 Å². The van der Waals surface area contributed by atoms with Crippen molar-refractivity contribution in [1.82, 2.24) is 9.97 Å². The van der Waals surface area contributed by atoms with Gasteiger partial charge in [-0.05, 0) is 32.0 Å². The highest BCUT2D eigenvalue weighted by atomic mass is 35.5. The standard InChI is InChI=1S/C19H18Cl2N4.ClH/c1-12(2)22-18-11-17(13-6-4-3-5-7-13)24-19(25-18)23-14-8-9-15(20)16(21)10-14;/h3-12H,1-2H3,(H2,22,23,24,25);1H. The Morgan fingerprint density at radius 1 is 0.885 bits per heavy atom. The molecule has 4 nitrogen and oxygen atoms in total. The van der Waals surface area contributed by atoms with Gasteiger partial charge in [0.05, 0.1) is 15.7 Å². The topological polar surface area (TPSA) is 49.8 Å². The van der Waals surface area contributed by atoms with E-state index in [-0.39, 0.29) is 18.4 Å². The molecule has 0 radical (unpaired) electrons. The first-order valence-electron chi connectivity index (χ1n) is 7.94. The van der Waals surface area contributed by atoms with Crippen molar-refractivity contribution in [1.29, 1.82) is 0 Å². The average molecular weight is 410 g/mol. The molecule has 0 atom stereocenters. The quantitative estimate of drug-likeness (QED) is 0.509. The Morgan fingerprint density at radius 3 is 2.27 bits per heavy atom. The summed E-state index contributed by atoms with van der Waals surface area (Å²) < 4.78 is 0. The van der Waals surface area contributed by atoms with E-state index in [1.165, 1.54) is 0 Å². The van der Waals surface area contributed by atoms with Crippen LogP contribution in [0.3, 0.4) is 0 Å². The van der Waals surface area contributed by atoms with Crippen LogP contribution in [0.15, 0.2) is 54.6 Å². The molecule has 3 rings (SSSR count). The molecule has 0 unspecified atom stereocenters. The van der Waals surface area contributed by atoms with Crippen molar-refractivity contribution in [3.63, 3.8) is 0 Å². The Kier molecular flexibility index (Phi) is 7.09. The van der Waals surface area contributed by atoms with E-state index in [1.54, 1.807) is 12.1 Å². The van der Waals surface area contributed by atoms with Gasteiger partial charge in [0.25, 0.3) is 0 Å². The number of rotatable bonds is 5. The number of hydrogen-bond donors (Lipinski definition) is 2. The van der Waals surface area contributed by atoms with Gasteiger partial charge in [0, 0.05) is 23.4 Å². The van der Waals surface area contributed by atoms with Gasteiger partial charge in [-0.15, -0.1) is 12.4 Å². The normalized spacial score (nSPS) is 10.3. The third-order valence-corrected chi connectivity index (χ3v) is 4.15. The molecule has 0 fully saturated rings. The number of nitrogens with one attached hydrogen (secondary N) is 2. The van der Waals surface area contributed by atoms with Crippen LogP contribution in [-0.4, -0.2) is 16.0 Å². The molecule has 2 N–H and O–H groups in total. The second kappa shape index (κ2) is 9.08. The molecule has 0 aliphatic rings. The Morgan fingerprint density at radius 2 is 1.62 bits per heavy atom. The smallest absolute Gasteiger partial charge is 0.229 e. The minimum atomic E-state index is 0. The third-order valence-electron chi connectivity index (χ3n) is 3.41. The summed E-state index contributed by atoms with van der Waals surface area (Å²) in [6.07, 6.45) is 0. The van der Waals surface area contributed by atoms with E-state index in [0.717, 1.165) is 22.8 Å². The van der Waals surface area contributed by atoms with Crippen LogP contribution in [0.25, 0.3) is 11.3 Å². The summed E-state index contributed by atoms with van der Waals surface area (Å²) in [4.78, 5) is 9.16. The Hall–Kier alpha value is -2.01. The van der Waals surface area contributed by atoms with Gasteiger partial charge in [0.1, 0.15) is 5.82 Å². The monoisotopic (exact) mass is 408 g/mol. The fraction of sp³-hybridized carbons (Fsp3) is 0.158. The number of halogens is 3. The van der Waals surface area contributed by atoms with E-state index >= 15 is 0 Å². The molecule has 0 saturated heterocycles. The van der Waals surface area contributed by atoms with E-state index in [9.17, 15) is 0 Å². The summed E-state index contributed by atoms with van der Waals surface area (Å²) >= 11 is 12.1. The fourth-order valence-electron chi connectivity index (χ4n) is 2.33. The van der Waals surface area contributed by atoms with Crippen molar-refractivity contribution < 1.29 is 0 Å². The van der Waals surface area contributed by atoms with Gasteiger partial charge in [0.15, 0.2) is 0 Å². The number of aromatic nitrogens is 2. The molecule has 0 amide bonds. The fourth-order valence-corrected chi connectivity index (χ4v) is 2.63. The molecule has 0 spiro atoms. The first-order valence-corrected chi connectivity index (χ1v) is 8.70. The summed E-state index contributed by atoms with van der Waals surface area (Å²) in [5.74, 6) is 1.24. The second-order valence-corrected chi connectivity index (χ2v) is 6.70. The minimum Gasteiger partial charge on any atom is -0.368 e. The van der Waals surface area contributed by atoms with Gasteiger partial charge >= 0.3 is 0 Å². The Labute approximate surface area is 169 Å². The van der Waals surface area contributed by atoms with Crippen LogP contribution in [0, 0.1) is 0 Å². The van der Waals surface area contributed by atoms with E-state index in [0.29, 0.717) is 16.0 Å². The lowest BCUT2D eigenvalue weighted by atomic mass is 10.1. The van der Waals surface area contributed by atoms with E-state index in [4.69, 9.17) is 23.2 Å². The van der Waals surface area contributed by atoms with Crippen molar-refractivity contribution in [2.24, 2.45) is 0 Å². The SMILES string of the molecule is CC(C)Nc1cc(-c2ccccc2)nc(Nc2ccc(Cl)c(Cl)c2)n1.Cl. The lowest BCUT2D eigenvalue weighted by Gasteiger charge is -2.13. The van der Waals surface area contributed by atoms with Crippen molar-refractivity contribution in [2.75, 3.05) is 10.6 Å². The average Bonchev–Trinajstić information content (AvgIpc) is 2.58. The highest BCUT2D eigenvalue weighted by Gasteiger charge is 2.09. The number of benzene rings is 2. The maximum Gasteiger partial charge on any atom is 0.229 e. The molecule has 1 aromatic heterocycles. The van der Waals surface area contributed by atoms with Crippen LogP contribution in [0.5, 0.6) is 0 Å². The number of hydrogen-bond acceptors (Lipinski definition) is 4. The summed E-state index contributed by atoms with van der Waals surface area (Å²) in [5.41, 5.74) is 2.63. The molecular weight excluding hydrogens is 391 g/mol. The Balaban J connectivity index is 0.00000243. The third kappa shape index (κ3) is 5.24. The summed E-state index contributed by atoms with van der Waals surface area (Å²) in [5, 5.41) is 7.50. The summed E-state index contributed by atoms with van der Waals surface area (Å²) in [6.45, 7) is 4.13. The van der Waals surface area contributed by atoms with Crippen molar-refractivity contribution in [3.8, 4) is 11.3 Å². The largest absolute Gasteiger partial charge is 0.368 e. The van der Waals surface area contributed by atoms with Crippen LogP contribution in [0.2, 0.25) is 10.0 Å². The summed E-state index contributed by atoms with van der Waals surface area (Å²) in [7, 11) is 0. The number of nitrogens with zero attached hydrogens (tertiary/aromatic N) is 2. The van der Waals surface area contributed by atoms with Crippen molar-refractivity contribution in [3.05, 3.63) is 64.6 Å². The van der Waals surface area contributed by atoms with Crippen molar-refractivity contribution in [2.45, 2.75) is 19.9 Å². The highest BCUT2D eigenvalue weighted by Crippen LogP contribution is 2.28. The maximum atomic E-state index is 6.08. The minimum absolute atomic E-state index is 0. The molecule has 2 aromatic carbocycles. The van der Waals surface area contributed by atoms with Gasteiger partial charge < -0.3 is 10.6 Å². The zero-order valence-corrected chi connectivity index (χ0v) is 16.7. The number of anilines is 3. The van der Waals surface area contributed by atoms with Crippen LogP contribution < -0.4 is 10.6 Å². The lowest BCUT2D eigenvalue weighted by molar-refractivity contribution is 0.887. The molecule has 7 heteroatoms. The molecule has 3 aromatic rings. The molecule has 0 aliphatic heterocycles. The van der Waals surface area contributed by atoms with Crippen LogP contribution >= 0.6 is 35.6 Å². The van der Waals surface area contributed by atoms with Gasteiger partial charge in [-0.3, -0.25) is 0 Å². The lowest BCUT2D eigenvalue weighted by Crippen LogP contribution is -2.12. The summed E-state index contributed by atoms with van der Waals surface area (Å²) in [6, 6.07) is 17.5. The molecule has 1 heterocycles. The van der Waals surface area contributed by atoms with Crippen molar-refractivity contribution >= 4 is 53.1 Å². The molecule has 0 bridgehead atoms. The van der Waals surface area contributed by atoms with Crippen LogP contribution in [0.1, 0.15) is 13.8 Å². The van der Waals surface area contributed by atoms with Crippen LogP contribution in [0.4, 0.5) is 17.5 Å². The second-order valence-electron chi connectivity index (χ2n) is 5.88. The Bertz CT molecular complexity index is 870. The highest BCUT2D eigenvalue weighted by molar-refractivity contribution is 6.42. The molecule has 0 saturated carbocycles. The maximum absolute atomic E-state index is 6.08. The predicted molar refractivity (Wildman–Crippen MR) is 113 cm³/mol. The zero-order chi connectivity index (χ0) is 17.8. The van der Waals surface area contributed by atoms with E-state index in [2.05, 4.69) is 34.4 Å².